The summed E-state index contributed by atoms with van der Waals surface area (Å²) in [5, 5.41) is 6.41. The van der Waals surface area contributed by atoms with Crippen LogP contribution in [0.25, 0.3) is 0 Å². The topological polar surface area (TPSA) is 45.7 Å². The predicted octanol–water partition coefficient (Wildman–Crippen LogP) is 2.48. The van der Waals surface area contributed by atoms with Crippen molar-refractivity contribution in [3.63, 3.8) is 0 Å². The Balaban J connectivity index is 2.67. The second-order valence-corrected chi connectivity index (χ2v) is 4.42. The first-order chi connectivity index (χ1) is 9.71. The molecule has 1 unspecified atom stereocenters. The molecule has 0 radical (unpaired) electrons. The lowest BCUT2D eigenvalue weighted by atomic mass is 10.1. The molecule has 5 heteroatoms. The van der Waals surface area contributed by atoms with Crippen LogP contribution in [0.4, 0.5) is 4.39 Å². The summed E-state index contributed by atoms with van der Waals surface area (Å²) in [4.78, 5) is 4.50. The number of ether oxygens (including phenoxy) is 1. The van der Waals surface area contributed by atoms with Gasteiger partial charge in [0.25, 0.3) is 0 Å². The highest BCUT2D eigenvalue weighted by Crippen LogP contribution is 2.17. The Morgan fingerprint density at radius 3 is 2.50 bits per heavy atom. The summed E-state index contributed by atoms with van der Waals surface area (Å²) < 4.78 is 18.3. The molecular weight excluding hydrogens is 257 g/mol. The Kier molecular flexibility index (Phi) is 7.65. The van der Waals surface area contributed by atoms with Crippen molar-refractivity contribution in [2.45, 2.75) is 26.4 Å². The highest BCUT2D eigenvalue weighted by Gasteiger charge is 2.10. The average Bonchev–Trinajstić information content (AvgIpc) is 2.47. The lowest BCUT2D eigenvalue weighted by molar-refractivity contribution is 0.111. The van der Waals surface area contributed by atoms with E-state index in [2.05, 4.69) is 22.5 Å². The maximum atomic E-state index is 12.9. The van der Waals surface area contributed by atoms with Crippen LogP contribution in [-0.4, -0.2) is 32.7 Å². The van der Waals surface area contributed by atoms with Gasteiger partial charge < -0.3 is 15.4 Å². The predicted molar refractivity (Wildman–Crippen MR) is 80.4 cm³/mol. The van der Waals surface area contributed by atoms with E-state index in [9.17, 15) is 4.39 Å². The van der Waals surface area contributed by atoms with Gasteiger partial charge in [0.05, 0.1) is 6.54 Å². The Hall–Kier alpha value is -1.62. The molecule has 0 bridgehead atoms. The number of aliphatic imine (C=N–C) groups is 1. The highest BCUT2D eigenvalue weighted by molar-refractivity contribution is 5.79. The van der Waals surface area contributed by atoms with E-state index < -0.39 is 0 Å². The van der Waals surface area contributed by atoms with Crippen molar-refractivity contribution in [2.24, 2.45) is 4.99 Å². The first-order valence-corrected chi connectivity index (χ1v) is 7.01. The van der Waals surface area contributed by atoms with Gasteiger partial charge in [-0.25, -0.2) is 4.39 Å². The van der Waals surface area contributed by atoms with E-state index in [0.717, 1.165) is 31.0 Å². The molecule has 0 saturated carbocycles. The molecule has 4 nitrogen and oxygen atoms in total. The van der Waals surface area contributed by atoms with Crippen LogP contribution < -0.4 is 10.6 Å². The third-order valence-electron chi connectivity index (χ3n) is 2.83. The first kappa shape index (κ1) is 16.4. The summed E-state index contributed by atoms with van der Waals surface area (Å²) in [6.07, 6.45) is 0.864. The minimum Gasteiger partial charge on any atom is -0.375 e. The summed E-state index contributed by atoms with van der Waals surface area (Å²) in [5.74, 6) is 0.531. The Labute approximate surface area is 120 Å². The summed E-state index contributed by atoms with van der Waals surface area (Å²) in [6.45, 7) is 6.30. The van der Waals surface area contributed by atoms with Crippen LogP contribution in [0.5, 0.6) is 0 Å². The fourth-order valence-corrected chi connectivity index (χ4v) is 1.75. The van der Waals surface area contributed by atoms with Gasteiger partial charge in [-0.2, -0.15) is 0 Å². The molecule has 1 aromatic rings. The zero-order valence-corrected chi connectivity index (χ0v) is 12.4. The van der Waals surface area contributed by atoms with E-state index in [4.69, 9.17) is 4.74 Å². The van der Waals surface area contributed by atoms with E-state index in [1.807, 2.05) is 6.92 Å². The Bertz CT molecular complexity index is 406. The first-order valence-electron chi connectivity index (χ1n) is 7.01. The van der Waals surface area contributed by atoms with Gasteiger partial charge in [0.1, 0.15) is 11.9 Å². The monoisotopic (exact) mass is 281 g/mol. The molecular formula is C15H24FN3O. The van der Waals surface area contributed by atoms with Gasteiger partial charge in [-0.05, 0) is 31.0 Å². The van der Waals surface area contributed by atoms with Crippen molar-refractivity contribution in [3.8, 4) is 0 Å². The summed E-state index contributed by atoms with van der Waals surface area (Å²) >= 11 is 0. The number of hydrogen-bond acceptors (Lipinski definition) is 2. The van der Waals surface area contributed by atoms with Crippen LogP contribution >= 0.6 is 0 Å². The normalized spacial score (nSPS) is 13.1. The van der Waals surface area contributed by atoms with E-state index in [1.54, 1.807) is 19.2 Å². The minimum atomic E-state index is -0.245. The number of nitrogens with zero attached hydrogens (tertiary/aromatic N) is 1. The number of halogens is 1. The van der Waals surface area contributed by atoms with Gasteiger partial charge in [0.15, 0.2) is 5.96 Å². The van der Waals surface area contributed by atoms with Crippen molar-refractivity contribution in [1.29, 1.82) is 0 Å². The molecule has 20 heavy (non-hydrogen) atoms. The second kappa shape index (κ2) is 9.31. The van der Waals surface area contributed by atoms with Gasteiger partial charge >= 0.3 is 0 Å². The van der Waals surface area contributed by atoms with Gasteiger partial charge in [-0.1, -0.05) is 19.1 Å². The van der Waals surface area contributed by atoms with Crippen LogP contribution in [0.3, 0.4) is 0 Å². The molecule has 2 N–H and O–H groups in total. The Morgan fingerprint density at radius 1 is 1.25 bits per heavy atom. The fourth-order valence-electron chi connectivity index (χ4n) is 1.75. The number of guanidine groups is 1. The van der Waals surface area contributed by atoms with E-state index in [-0.39, 0.29) is 11.9 Å². The van der Waals surface area contributed by atoms with Crippen LogP contribution in [-0.2, 0) is 4.74 Å². The van der Waals surface area contributed by atoms with E-state index >= 15 is 0 Å². The van der Waals surface area contributed by atoms with Crippen LogP contribution in [0.1, 0.15) is 31.9 Å². The second-order valence-electron chi connectivity index (χ2n) is 4.42. The van der Waals surface area contributed by atoms with Crippen molar-refractivity contribution >= 4 is 5.96 Å². The number of benzene rings is 1. The standard InChI is InChI=1S/C15H24FN3O/c1-4-10-18-15(17-5-2)19-11-14(20-3)12-6-8-13(16)9-7-12/h6-9,14H,4-5,10-11H2,1-3H3,(H2,17,18,19). The molecule has 0 aliphatic carbocycles. The summed E-state index contributed by atoms with van der Waals surface area (Å²) in [7, 11) is 1.63. The van der Waals surface area contributed by atoms with Crippen molar-refractivity contribution in [2.75, 3.05) is 26.7 Å². The molecule has 1 aromatic carbocycles. The van der Waals surface area contributed by atoms with Crippen molar-refractivity contribution in [1.82, 2.24) is 10.6 Å². The zero-order valence-electron chi connectivity index (χ0n) is 12.4. The molecule has 1 atom stereocenters. The van der Waals surface area contributed by atoms with E-state index in [0.29, 0.717) is 6.54 Å². The van der Waals surface area contributed by atoms with Gasteiger partial charge in [0, 0.05) is 20.2 Å². The third kappa shape index (κ3) is 5.57. The van der Waals surface area contributed by atoms with Crippen molar-refractivity contribution < 1.29 is 9.13 Å². The molecule has 0 aliphatic heterocycles. The van der Waals surface area contributed by atoms with Gasteiger partial charge in [-0.3, -0.25) is 4.99 Å². The molecule has 1 rings (SSSR count). The summed E-state index contributed by atoms with van der Waals surface area (Å²) in [6, 6.07) is 6.33. The SMILES string of the molecule is CCCNC(=NCC(OC)c1ccc(F)cc1)NCC. The fraction of sp³-hybridized carbons (Fsp3) is 0.533. The lowest BCUT2D eigenvalue weighted by Gasteiger charge is -2.15. The molecule has 0 heterocycles. The molecule has 0 amide bonds. The maximum absolute atomic E-state index is 12.9. The van der Waals surface area contributed by atoms with Gasteiger partial charge in [0.2, 0.25) is 0 Å². The van der Waals surface area contributed by atoms with Crippen LogP contribution in [0.15, 0.2) is 29.3 Å². The quantitative estimate of drug-likeness (QED) is 0.596. The average molecular weight is 281 g/mol. The molecule has 112 valence electrons. The number of hydrogen-bond donors (Lipinski definition) is 2. The molecule has 0 spiro atoms. The molecule has 0 aromatic heterocycles. The molecule has 0 aliphatic rings. The highest BCUT2D eigenvalue weighted by atomic mass is 19.1. The number of rotatable bonds is 7. The van der Waals surface area contributed by atoms with Crippen LogP contribution in [0.2, 0.25) is 0 Å². The van der Waals surface area contributed by atoms with Gasteiger partial charge in [-0.15, -0.1) is 0 Å². The largest absolute Gasteiger partial charge is 0.375 e. The van der Waals surface area contributed by atoms with Crippen LogP contribution in [0, 0.1) is 5.82 Å². The third-order valence-corrected chi connectivity index (χ3v) is 2.83. The lowest BCUT2D eigenvalue weighted by Crippen LogP contribution is -2.38. The number of nitrogens with one attached hydrogen (secondary N) is 2. The number of methoxy groups -OCH3 is 1. The molecule has 0 saturated heterocycles. The van der Waals surface area contributed by atoms with Crippen molar-refractivity contribution in [3.05, 3.63) is 35.6 Å². The Morgan fingerprint density at radius 2 is 1.95 bits per heavy atom. The smallest absolute Gasteiger partial charge is 0.191 e. The van der Waals surface area contributed by atoms with E-state index in [1.165, 1.54) is 12.1 Å². The minimum absolute atomic E-state index is 0.173. The summed E-state index contributed by atoms with van der Waals surface area (Å²) in [5.41, 5.74) is 0.920. The maximum Gasteiger partial charge on any atom is 0.191 e. The molecule has 0 fully saturated rings. The zero-order chi connectivity index (χ0) is 14.8.